The molecule has 1 heterocycles. The topological polar surface area (TPSA) is 115 Å². The summed E-state index contributed by atoms with van der Waals surface area (Å²) >= 11 is 1.26. The number of carbonyl (C=O) groups is 2. The summed E-state index contributed by atoms with van der Waals surface area (Å²) in [6, 6.07) is 7.39. The van der Waals surface area contributed by atoms with E-state index in [4.69, 9.17) is 5.73 Å². The summed E-state index contributed by atoms with van der Waals surface area (Å²) in [6.45, 7) is 1.81. The molecule has 2 rings (SSSR count). The molecular formula is C15H13N3O4S. The standard InChI is InChI=1S/C15H13N3O4S/c1-9-8-12(14(16)20)15(23-9)17-13(19)7-4-10-2-5-11(6-3-10)18(21)22/h2-8H,1H3,(H2,16,20)(H,17,19)/b7-4+. The molecule has 23 heavy (non-hydrogen) atoms. The number of nitrogens with zero attached hydrogens (tertiary/aromatic N) is 1. The molecule has 0 saturated heterocycles. The fraction of sp³-hybridized carbons (Fsp3) is 0.0667. The summed E-state index contributed by atoms with van der Waals surface area (Å²) in [4.78, 5) is 34.1. The molecule has 1 aromatic heterocycles. The summed E-state index contributed by atoms with van der Waals surface area (Å²) < 4.78 is 0. The fourth-order valence-corrected chi connectivity index (χ4v) is 2.74. The number of anilines is 1. The van der Waals surface area contributed by atoms with Gasteiger partial charge in [0.15, 0.2) is 0 Å². The molecule has 0 aliphatic carbocycles. The highest BCUT2D eigenvalue weighted by molar-refractivity contribution is 7.16. The van der Waals surface area contributed by atoms with Gasteiger partial charge in [-0.15, -0.1) is 11.3 Å². The molecule has 7 nitrogen and oxygen atoms in total. The highest BCUT2D eigenvalue weighted by Crippen LogP contribution is 2.27. The SMILES string of the molecule is Cc1cc(C(N)=O)c(NC(=O)/C=C/c2ccc([N+](=O)[O-])cc2)s1. The Balaban J connectivity index is 2.07. The normalized spacial score (nSPS) is 10.7. The predicted octanol–water partition coefficient (Wildman–Crippen LogP) is 2.72. The smallest absolute Gasteiger partial charge is 0.269 e. The lowest BCUT2D eigenvalue weighted by Crippen LogP contribution is -2.14. The zero-order valence-electron chi connectivity index (χ0n) is 12.1. The van der Waals surface area contributed by atoms with Gasteiger partial charge in [0.25, 0.3) is 11.6 Å². The number of nitro groups is 1. The number of hydrogen-bond acceptors (Lipinski definition) is 5. The molecule has 3 N–H and O–H groups in total. The van der Waals surface area contributed by atoms with E-state index in [0.717, 1.165) is 4.88 Å². The average Bonchev–Trinajstić information content (AvgIpc) is 2.86. The largest absolute Gasteiger partial charge is 0.366 e. The maximum atomic E-state index is 11.9. The predicted molar refractivity (Wildman–Crippen MR) is 88.3 cm³/mol. The van der Waals surface area contributed by atoms with E-state index in [1.807, 2.05) is 0 Å². The lowest BCUT2D eigenvalue weighted by molar-refractivity contribution is -0.384. The second-order valence-electron chi connectivity index (χ2n) is 4.64. The molecule has 0 bridgehead atoms. The Hall–Kier alpha value is -3.00. The van der Waals surface area contributed by atoms with E-state index in [1.54, 1.807) is 13.0 Å². The van der Waals surface area contributed by atoms with Crippen LogP contribution in [0, 0.1) is 17.0 Å². The molecule has 0 saturated carbocycles. The number of amides is 2. The molecule has 0 spiro atoms. The van der Waals surface area contributed by atoms with Crippen LogP contribution in [0.4, 0.5) is 10.7 Å². The highest BCUT2D eigenvalue weighted by Gasteiger charge is 2.13. The number of primary amides is 1. The molecule has 2 amide bonds. The minimum absolute atomic E-state index is 0.0215. The summed E-state index contributed by atoms with van der Waals surface area (Å²) in [5, 5.41) is 13.6. The fourth-order valence-electron chi connectivity index (χ4n) is 1.82. The monoisotopic (exact) mass is 331 g/mol. The van der Waals surface area contributed by atoms with E-state index in [9.17, 15) is 19.7 Å². The van der Waals surface area contributed by atoms with E-state index in [2.05, 4.69) is 5.32 Å². The third kappa shape index (κ3) is 4.24. The van der Waals surface area contributed by atoms with Crippen molar-refractivity contribution in [3.05, 3.63) is 62.5 Å². The molecule has 118 valence electrons. The first-order valence-electron chi connectivity index (χ1n) is 6.50. The van der Waals surface area contributed by atoms with Gasteiger partial charge in [0.2, 0.25) is 5.91 Å². The van der Waals surface area contributed by atoms with Gasteiger partial charge in [-0.05, 0) is 36.8 Å². The first-order valence-corrected chi connectivity index (χ1v) is 7.32. The van der Waals surface area contributed by atoms with Gasteiger partial charge in [-0.1, -0.05) is 0 Å². The Bertz CT molecular complexity index is 794. The van der Waals surface area contributed by atoms with Gasteiger partial charge in [0.05, 0.1) is 10.5 Å². The van der Waals surface area contributed by atoms with Crippen LogP contribution in [0.3, 0.4) is 0 Å². The lowest BCUT2D eigenvalue weighted by atomic mass is 10.2. The van der Waals surface area contributed by atoms with Gasteiger partial charge in [-0.2, -0.15) is 0 Å². The summed E-state index contributed by atoms with van der Waals surface area (Å²) in [5.74, 6) is -1.03. The molecule has 0 fully saturated rings. The molecular weight excluding hydrogens is 318 g/mol. The molecule has 8 heteroatoms. The van der Waals surface area contributed by atoms with Crippen LogP contribution in [-0.2, 0) is 4.79 Å². The molecule has 0 atom stereocenters. The zero-order valence-corrected chi connectivity index (χ0v) is 12.9. The summed E-state index contributed by atoms with van der Waals surface area (Å²) in [7, 11) is 0. The van der Waals surface area contributed by atoms with E-state index in [1.165, 1.54) is 47.8 Å². The van der Waals surface area contributed by atoms with Crippen molar-refractivity contribution in [2.24, 2.45) is 5.73 Å². The van der Waals surface area contributed by atoms with Crippen LogP contribution < -0.4 is 11.1 Å². The van der Waals surface area contributed by atoms with Crippen LogP contribution in [-0.4, -0.2) is 16.7 Å². The average molecular weight is 331 g/mol. The van der Waals surface area contributed by atoms with Crippen molar-refractivity contribution in [3.8, 4) is 0 Å². The number of thiophene rings is 1. The van der Waals surface area contributed by atoms with Crippen molar-refractivity contribution >= 4 is 39.9 Å². The van der Waals surface area contributed by atoms with E-state index >= 15 is 0 Å². The Labute approximate surface area is 135 Å². The first kappa shape index (κ1) is 16.4. The van der Waals surface area contributed by atoms with Crippen molar-refractivity contribution in [3.63, 3.8) is 0 Å². The van der Waals surface area contributed by atoms with Crippen molar-refractivity contribution < 1.29 is 14.5 Å². The number of nitrogens with one attached hydrogen (secondary N) is 1. The van der Waals surface area contributed by atoms with Crippen LogP contribution in [0.25, 0.3) is 6.08 Å². The molecule has 0 aliphatic rings. The van der Waals surface area contributed by atoms with Gasteiger partial charge in [-0.3, -0.25) is 19.7 Å². The van der Waals surface area contributed by atoms with Crippen LogP contribution >= 0.6 is 11.3 Å². The Morgan fingerprint density at radius 3 is 2.52 bits per heavy atom. The summed E-state index contributed by atoms with van der Waals surface area (Å²) in [6.07, 6.45) is 2.80. The van der Waals surface area contributed by atoms with Gasteiger partial charge in [0, 0.05) is 23.1 Å². The van der Waals surface area contributed by atoms with Crippen molar-refractivity contribution in [1.29, 1.82) is 0 Å². The van der Waals surface area contributed by atoms with Crippen molar-refractivity contribution in [2.45, 2.75) is 6.92 Å². The van der Waals surface area contributed by atoms with Gasteiger partial charge in [0.1, 0.15) is 5.00 Å². The molecule has 2 aromatic rings. The third-order valence-electron chi connectivity index (χ3n) is 2.89. The van der Waals surface area contributed by atoms with Gasteiger partial charge in [-0.25, -0.2) is 0 Å². The molecule has 0 radical (unpaired) electrons. The van der Waals surface area contributed by atoms with Gasteiger partial charge < -0.3 is 11.1 Å². The van der Waals surface area contributed by atoms with E-state index in [0.29, 0.717) is 10.6 Å². The van der Waals surface area contributed by atoms with Crippen molar-refractivity contribution in [2.75, 3.05) is 5.32 Å². The molecule has 0 unspecified atom stereocenters. The third-order valence-corrected chi connectivity index (χ3v) is 3.85. The van der Waals surface area contributed by atoms with Crippen LogP contribution in [0.1, 0.15) is 20.8 Å². The maximum Gasteiger partial charge on any atom is 0.269 e. The lowest BCUT2D eigenvalue weighted by Gasteiger charge is -2.00. The number of benzene rings is 1. The van der Waals surface area contributed by atoms with Crippen LogP contribution in [0.2, 0.25) is 0 Å². The zero-order chi connectivity index (χ0) is 17.0. The molecule has 1 aromatic carbocycles. The second kappa shape index (κ2) is 6.84. The number of nitro benzene ring substituents is 1. The minimum Gasteiger partial charge on any atom is -0.366 e. The Morgan fingerprint density at radius 1 is 1.30 bits per heavy atom. The van der Waals surface area contributed by atoms with Crippen LogP contribution in [0.15, 0.2) is 36.4 Å². The van der Waals surface area contributed by atoms with Crippen molar-refractivity contribution in [1.82, 2.24) is 0 Å². The van der Waals surface area contributed by atoms with Crippen LogP contribution in [0.5, 0.6) is 0 Å². The highest BCUT2D eigenvalue weighted by atomic mass is 32.1. The van der Waals surface area contributed by atoms with E-state index in [-0.39, 0.29) is 11.3 Å². The molecule has 0 aliphatic heterocycles. The Morgan fingerprint density at radius 2 is 1.96 bits per heavy atom. The van der Waals surface area contributed by atoms with E-state index < -0.39 is 16.7 Å². The number of carbonyl (C=O) groups excluding carboxylic acids is 2. The minimum atomic E-state index is -0.607. The number of non-ortho nitro benzene ring substituents is 1. The first-order chi connectivity index (χ1) is 10.9. The summed E-state index contributed by atoms with van der Waals surface area (Å²) in [5.41, 5.74) is 6.14. The van der Waals surface area contributed by atoms with Gasteiger partial charge >= 0.3 is 0 Å². The Kier molecular flexibility index (Phi) is 4.87. The maximum absolute atomic E-state index is 11.9. The number of rotatable bonds is 5. The second-order valence-corrected chi connectivity index (χ2v) is 5.89. The number of nitrogens with two attached hydrogens (primary N) is 1. The number of aryl methyl sites for hydroxylation is 1. The quantitative estimate of drug-likeness (QED) is 0.498. The number of hydrogen-bond donors (Lipinski definition) is 2.